The highest BCUT2D eigenvalue weighted by Crippen LogP contribution is 2.27. The first kappa shape index (κ1) is 19.8. The van der Waals surface area contributed by atoms with E-state index in [9.17, 15) is 0 Å². The van der Waals surface area contributed by atoms with Crippen LogP contribution in [0.15, 0.2) is 59.0 Å². The molecule has 6 nitrogen and oxygen atoms in total. The molecule has 1 saturated carbocycles. The number of hydrogen-bond donors (Lipinski definition) is 2. The predicted molar refractivity (Wildman–Crippen MR) is 127 cm³/mol. The Labute approximate surface area is 182 Å². The van der Waals surface area contributed by atoms with Crippen molar-refractivity contribution in [2.45, 2.75) is 44.3 Å². The van der Waals surface area contributed by atoms with Gasteiger partial charge >= 0.3 is 0 Å². The summed E-state index contributed by atoms with van der Waals surface area (Å²) in [6.07, 6.45) is 4.47. The molecule has 0 amide bonds. The fraction of sp³-hybridized carbons (Fsp3) is 0.360. The normalized spacial score (nSPS) is 19.0. The molecule has 0 radical (unpaired) electrons. The van der Waals surface area contributed by atoms with Gasteiger partial charge in [0.25, 0.3) is 0 Å². The van der Waals surface area contributed by atoms with Crippen LogP contribution in [0.4, 0.5) is 11.8 Å². The lowest BCUT2D eigenvalue weighted by molar-refractivity contribution is 0.342. The third-order valence-corrected chi connectivity index (χ3v) is 6.11. The van der Waals surface area contributed by atoms with Crippen molar-refractivity contribution in [3.63, 3.8) is 0 Å². The second-order valence-electron chi connectivity index (χ2n) is 8.61. The molecular weight excluding hydrogens is 386 g/mol. The van der Waals surface area contributed by atoms with Crippen molar-refractivity contribution in [2.24, 2.45) is 0 Å². The summed E-state index contributed by atoms with van der Waals surface area (Å²) in [6.45, 7) is 0.775. The Morgan fingerprint density at radius 2 is 1.68 bits per heavy atom. The molecule has 6 heteroatoms. The van der Waals surface area contributed by atoms with Crippen LogP contribution in [0.1, 0.15) is 31.4 Å². The van der Waals surface area contributed by atoms with Crippen molar-refractivity contribution in [1.29, 1.82) is 0 Å². The molecule has 2 heterocycles. The van der Waals surface area contributed by atoms with Crippen LogP contribution >= 0.6 is 0 Å². The Kier molecular flexibility index (Phi) is 5.47. The summed E-state index contributed by atoms with van der Waals surface area (Å²) in [5.74, 6) is 2.68. The second-order valence-corrected chi connectivity index (χ2v) is 8.61. The van der Waals surface area contributed by atoms with Gasteiger partial charge in [0.1, 0.15) is 17.2 Å². The van der Waals surface area contributed by atoms with Crippen molar-refractivity contribution in [1.82, 2.24) is 15.3 Å². The Morgan fingerprint density at radius 3 is 2.48 bits per heavy atom. The summed E-state index contributed by atoms with van der Waals surface area (Å²) in [6, 6.07) is 19.4. The average molecular weight is 416 g/mol. The Balaban J connectivity index is 1.18. The summed E-state index contributed by atoms with van der Waals surface area (Å²) >= 11 is 0. The molecule has 0 unspecified atom stereocenters. The highest BCUT2D eigenvalue weighted by molar-refractivity contribution is 5.90. The molecule has 4 aromatic rings. The van der Waals surface area contributed by atoms with E-state index in [0.717, 1.165) is 66.2 Å². The van der Waals surface area contributed by atoms with E-state index in [1.807, 2.05) is 55.4 Å². The van der Waals surface area contributed by atoms with Gasteiger partial charge in [0.2, 0.25) is 5.95 Å². The third kappa shape index (κ3) is 4.35. The van der Waals surface area contributed by atoms with Crippen LogP contribution in [0, 0.1) is 0 Å². The minimum Gasteiger partial charge on any atom is -0.460 e. The lowest BCUT2D eigenvalue weighted by atomic mass is 9.91. The standard InChI is InChI=1S/C25H29N5O/c1-30(2)24-21-8-4-5-9-22(21)28-25(29-24)27-19-13-11-18(12-14-19)26-16-20-15-17-7-3-6-10-23(17)31-20/h3-10,15,18-19,26H,11-14,16H2,1-2H3,(H,27,28,29). The zero-order valence-corrected chi connectivity index (χ0v) is 18.1. The SMILES string of the molecule is CN(C)c1nc(NC2CCC(NCc3cc4ccccc4o3)CC2)nc2ccccc12. The fourth-order valence-corrected chi connectivity index (χ4v) is 4.46. The maximum atomic E-state index is 5.93. The topological polar surface area (TPSA) is 66.2 Å². The number of nitrogens with zero attached hydrogens (tertiary/aromatic N) is 3. The van der Waals surface area contributed by atoms with Crippen LogP contribution in [0.5, 0.6) is 0 Å². The summed E-state index contributed by atoms with van der Waals surface area (Å²) in [5, 5.41) is 9.50. The van der Waals surface area contributed by atoms with Crippen molar-refractivity contribution in [3.05, 3.63) is 60.4 Å². The van der Waals surface area contributed by atoms with E-state index in [4.69, 9.17) is 14.4 Å². The number of para-hydroxylation sites is 2. The summed E-state index contributed by atoms with van der Waals surface area (Å²) in [5.41, 5.74) is 1.93. The molecule has 0 saturated heterocycles. The number of nitrogens with one attached hydrogen (secondary N) is 2. The molecule has 5 rings (SSSR count). The molecule has 2 aromatic carbocycles. The molecule has 0 aliphatic heterocycles. The van der Waals surface area contributed by atoms with Gasteiger partial charge in [-0.15, -0.1) is 0 Å². The third-order valence-electron chi connectivity index (χ3n) is 6.11. The van der Waals surface area contributed by atoms with Gasteiger partial charge in [0.15, 0.2) is 0 Å². The quantitative estimate of drug-likeness (QED) is 0.464. The Hall–Kier alpha value is -3.12. The second kappa shape index (κ2) is 8.55. The minimum atomic E-state index is 0.403. The monoisotopic (exact) mass is 415 g/mol. The molecule has 0 atom stereocenters. The molecular formula is C25H29N5O. The van der Waals surface area contributed by atoms with Gasteiger partial charge in [-0.25, -0.2) is 4.98 Å². The molecule has 1 aliphatic carbocycles. The summed E-state index contributed by atoms with van der Waals surface area (Å²) in [7, 11) is 4.05. The van der Waals surface area contributed by atoms with E-state index < -0.39 is 0 Å². The number of anilines is 2. The predicted octanol–water partition coefficient (Wildman–Crippen LogP) is 4.95. The highest BCUT2D eigenvalue weighted by Gasteiger charge is 2.22. The first-order valence-corrected chi connectivity index (χ1v) is 11.1. The number of hydrogen-bond acceptors (Lipinski definition) is 6. The molecule has 1 fully saturated rings. The van der Waals surface area contributed by atoms with Gasteiger partial charge in [-0.2, -0.15) is 4.98 Å². The lowest BCUT2D eigenvalue weighted by Crippen LogP contribution is -2.36. The van der Waals surface area contributed by atoms with Gasteiger partial charge in [-0.05, 0) is 49.9 Å². The maximum Gasteiger partial charge on any atom is 0.225 e. The summed E-state index contributed by atoms with van der Waals surface area (Å²) < 4.78 is 5.93. The molecule has 0 bridgehead atoms. The maximum absolute atomic E-state index is 5.93. The number of furan rings is 1. The molecule has 31 heavy (non-hydrogen) atoms. The van der Waals surface area contributed by atoms with Gasteiger partial charge in [-0.3, -0.25) is 0 Å². The molecule has 0 spiro atoms. The van der Waals surface area contributed by atoms with Crippen LogP contribution in [-0.2, 0) is 6.54 Å². The van der Waals surface area contributed by atoms with E-state index in [0.29, 0.717) is 12.1 Å². The number of benzene rings is 2. The highest BCUT2D eigenvalue weighted by atomic mass is 16.3. The molecule has 2 aromatic heterocycles. The van der Waals surface area contributed by atoms with Crippen LogP contribution < -0.4 is 15.5 Å². The smallest absolute Gasteiger partial charge is 0.225 e. The average Bonchev–Trinajstić information content (AvgIpc) is 3.21. The van der Waals surface area contributed by atoms with Crippen molar-refractivity contribution in [2.75, 3.05) is 24.3 Å². The molecule has 2 N–H and O–H groups in total. The van der Waals surface area contributed by atoms with Gasteiger partial charge < -0.3 is 20.0 Å². The number of fused-ring (bicyclic) bond motifs is 2. The molecule has 160 valence electrons. The van der Waals surface area contributed by atoms with Crippen LogP contribution in [0.3, 0.4) is 0 Å². The lowest BCUT2D eigenvalue weighted by Gasteiger charge is -2.30. The molecule has 1 aliphatic rings. The van der Waals surface area contributed by atoms with Crippen LogP contribution in [0.25, 0.3) is 21.9 Å². The Bertz CT molecular complexity index is 1140. The zero-order chi connectivity index (χ0) is 21.2. The summed E-state index contributed by atoms with van der Waals surface area (Å²) in [4.78, 5) is 11.6. The van der Waals surface area contributed by atoms with Crippen LogP contribution in [0.2, 0.25) is 0 Å². The van der Waals surface area contributed by atoms with Crippen molar-refractivity contribution < 1.29 is 4.42 Å². The van der Waals surface area contributed by atoms with Crippen LogP contribution in [-0.4, -0.2) is 36.1 Å². The van der Waals surface area contributed by atoms with Crippen molar-refractivity contribution >= 4 is 33.6 Å². The minimum absolute atomic E-state index is 0.403. The number of rotatable bonds is 6. The van der Waals surface area contributed by atoms with E-state index >= 15 is 0 Å². The van der Waals surface area contributed by atoms with E-state index in [1.165, 1.54) is 5.39 Å². The fourth-order valence-electron chi connectivity index (χ4n) is 4.46. The van der Waals surface area contributed by atoms with E-state index in [2.05, 4.69) is 28.8 Å². The largest absolute Gasteiger partial charge is 0.460 e. The Morgan fingerprint density at radius 1 is 0.935 bits per heavy atom. The van der Waals surface area contributed by atoms with Gasteiger partial charge in [-0.1, -0.05) is 30.3 Å². The van der Waals surface area contributed by atoms with Gasteiger partial charge in [0.05, 0.1) is 12.1 Å². The van der Waals surface area contributed by atoms with Gasteiger partial charge in [0, 0.05) is 37.0 Å². The van der Waals surface area contributed by atoms with Crippen molar-refractivity contribution in [3.8, 4) is 0 Å². The number of aromatic nitrogens is 2. The van der Waals surface area contributed by atoms with E-state index in [1.54, 1.807) is 0 Å². The zero-order valence-electron chi connectivity index (χ0n) is 18.1. The first-order chi connectivity index (χ1) is 15.2. The van der Waals surface area contributed by atoms with E-state index in [-0.39, 0.29) is 0 Å². The first-order valence-electron chi connectivity index (χ1n) is 11.1.